The standard InChI is InChI=1S/C12H19NO2/c1-9(2)11(8-13)12(14)6-5-10-4-3-7-15-10/h9-11H,3-7H2,1-2H3. The van der Waals surface area contributed by atoms with E-state index in [2.05, 4.69) is 6.07 Å². The first-order chi connectivity index (χ1) is 7.15. The van der Waals surface area contributed by atoms with Gasteiger partial charge in [-0.1, -0.05) is 13.8 Å². The van der Waals surface area contributed by atoms with Crippen LogP contribution in [-0.2, 0) is 9.53 Å². The van der Waals surface area contributed by atoms with Crippen molar-refractivity contribution >= 4 is 5.78 Å². The Labute approximate surface area is 91.4 Å². The van der Waals surface area contributed by atoms with Crippen molar-refractivity contribution < 1.29 is 9.53 Å². The summed E-state index contributed by atoms with van der Waals surface area (Å²) in [5, 5.41) is 8.86. The number of hydrogen-bond donors (Lipinski definition) is 0. The Morgan fingerprint density at radius 1 is 1.60 bits per heavy atom. The van der Waals surface area contributed by atoms with E-state index in [1.807, 2.05) is 13.8 Å². The predicted octanol–water partition coefficient (Wildman–Crippen LogP) is 2.31. The molecule has 0 amide bonds. The van der Waals surface area contributed by atoms with E-state index in [4.69, 9.17) is 10.00 Å². The van der Waals surface area contributed by atoms with Crippen molar-refractivity contribution in [3.05, 3.63) is 0 Å². The molecule has 0 aromatic carbocycles. The number of rotatable bonds is 5. The van der Waals surface area contributed by atoms with E-state index in [-0.39, 0.29) is 17.8 Å². The van der Waals surface area contributed by atoms with Crippen LogP contribution < -0.4 is 0 Å². The lowest BCUT2D eigenvalue weighted by Gasteiger charge is -2.13. The number of nitrogens with zero attached hydrogens (tertiary/aromatic N) is 1. The normalized spacial score (nSPS) is 22.7. The number of carbonyl (C=O) groups is 1. The highest BCUT2D eigenvalue weighted by Gasteiger charge is 2.23. The van der Waals surface area contributed by atoms with Crippen molar-refractivity contribution in [2.75, 3.05) is 6.61 Å². The summed E-state index contributed by atoms with van der Waals surface area (Å²) in [5.74, 6) is -0.249. The molecule has 0 saturated carbocycles. The molecule has 1 rings (SSSR count). The molecule has 2 unspecified atom stereocenters. The molecule has 0 N–H and O–H groups in total. The molecule has 0 spiro atoms. The van der Waals surface area contributed by atoms with E-state index in [1.54, 1.807) is 0 Å². The summed E-state index contributed by atoms with van der Waals surface area (Å²) in [4.78, 5) is 11.7. The van der Waals surface area contributed by atoms with Crippen LogP contribution in [0.2, 0.25) is 0 Å². The minimum Gasteiger partial charge on any atom is -0.378 e. The van der Waals surface area contributed by atoms with Gasteiger partial charge in [-0.05, 0) is 25.2 Å². The van der Waals surface area contributed by atoms with Crippen molar-refractivity contribution in [3.8, 4) is 6.07 Å². The summed E-state index contributed by atoms with van der Waals surface area (Å²) in [5.41, 5.74) is 0. The van der Waals surface area contributed by atoms with Gasteiger partial charge >= 0.3 is 0 Å². The predicted molar refractivity (Wildman–Crippen MR) is 57.2 cm³/mol. The highest BCUT2D eigenvalue weighted by Crippen LogP contribution is 2.20. The summed E-state index contributed by atoms with van der Waals surface area (Å²) in [7, 11) is 0. The molecule has 1 aliphatic heterocycles. The van der Waals surface area contributed by atoms with Gasteiger partial charge in [0.25, 0.3) is 0 Å². The molecule has 15 heavy (non-hydrogen) atoms. The molecular weight excluding hydrogens is 190 g/mol. The second kappa shape index (κ2) is 5.87. The lowest BCUT2D eigenvalue weighted by molar-refractivity contribution is -0.122. The first-order valence-electron chi connectivity index (χ1n) is 5.69. The fourth-order valence-electron chi connectivity index (χ4n) is 1.92. The Bertz CT molecular complexity index is 249. The van der Waals surface area contributed by atoms with Crippen LogP contribution in [-0.4, -0.2) is 18.5 Å². The molecule has 0 radical (unpaired) electrons. The van der Waals surface area contributed by atoms with Crippen molar-refractivity contribution in [2.45, 2.75) is 45.6 Å². The lowest BCUT2D eigenvalue weighted by atomic mass is 9.90. The third-order valence-corrected chi connectivity index (χ3v) is 2.89. The van der Waals surface area contributed by atoms with Gasteiger partial charge in [0.2, 0.25) is 0 Å². The maximum atomic E-state index is 11.7. The van der Waals surface area contributed by atoms with E-state index >= 15 is 0 Å². The maximum absolute atomic E-state index is 11.7. The summed E-state index contributed by atoms with van der Waals surface area (Å²) < 4.78 is 5.44. The lowest BCUT2D eigenvalue weighted by Crippen LogP contribution is -2.20. The Hall–Kier alpha value is -0.880. The quantitative estimate of drug-likeness (QED) is 0.698. The van der Waals surface area contributed by atoms with Gasteiger partial charge < -0.3 is 4.74 Å². The van der Waals surface area contributed by atoms with Crippen LogP contribution in [0.3, 0.4) is 0 Å². The number of hydrogen-bond acceptors (Lipinski definition) is 3. The molecule has 3 heteroatoms. The number of ketones is 1. The fourth-order valence-corrected chi connectivity index (χ4v) is 1.92. The van der Waals surface area contributed by atoms with Crippen LogP contribution in [0.4, 0.5) is 0 Å². The van der Waals surface area contributed by atoms with E-state index < -0.39 is 5.92 Å². The average Bonchev–Trinajstić information content (AvgIpc) is 2.67. The second-order valence-corrected chi connectivity index (χ2v) is 4.49. The van der Waals surface area contributed by atoms with Crippen LogP contribution in [0.5, 0.6) is 0 Å². The van der Waals surface area contributed by atoms with Gasteiger partial charge in [-0.3, -0.25) is 4.79 Å². The Kier molecular flexibility index (Phi) is 4.77. The molecule has 1 aliphatic rings. The third-order valence-electron chi connectivity index (χ3n) is 2.89. The first-order valence-corrected chi connectivity index (χ1v) is 5.69. The van der Waals surface area contributed by atoms with Crippen molar-refractivity contribution in [1.29, 1.82) is 5.26 Å². The molecule has 0 aliphatic carbocycles. The smallest absolute Gasteiger partial charge is 0.150 e. The molecule has 1 heterocycles. The van der Waals surface area contributed by atoms with Gasteiger partial charge in [-0.15, -0.1) is 0 Å². The minimum absolute atomic E-state index is 0.0722. The molecule has 0 bridgehead atoms. The van der Waals surface area contributed by atoms with Gasteiger partial charge in [-0.25, -0.2) is 0 Å². The Morgan fingerprint density at radius 2 is 2.33 bits per heavy atom. The van der Waals surface area contributed by atoms with Crippen LogP contribution in [0.25, 0.3) is 0 Å². The number of nitriles is 1. The highest BCUT2D eigenvalue weighted by molar-refractivity contribution is 5.83. The molecule has 1 saturated heterocycles. The first kappa shape index (κ1) is 12.2. The Balaban J connectivity index is 2.31. The van der Waals surface area contributed by atoms with Gasteiger partial charge in [0.05, 0.1) is 12.2 Å². The van der Waals surface area contributed by atoms with Crippen molar-refractivity contribution in [3.63, 3.8) is 0 Å². The van der Waals surface area contributed by atoms with Gasteiger partial charge in [0.1, 0.15) is 11.7 Å². The van der Waals surface area contributed by atoms with E-state index in [1.165, 1.54) is 0 Å². The van der Waals surface area contributed by atoms with Gasteiger partial charge in [-0.2, -0.15) is 5.26 Å². The summed E-state index contributed by atoms with van der Waals surface area (Å²) >= 11 is 0. The molecule has 0 aromatic heterocycles. The fraction of sp³-hybridized carbons (Fsp3) is 0.833. The zero-order valence-electron chi connectivity index (χ0n) is 9.53. The molecule has 0 aromatic rings. The van der Waals surface area contributed by atoms with Crippen LogP contribution in [0.15, 0.2) is 0 Å². The summed E-state index contributed by atoms with van der Waals surface area (Å²) in [6.45, 7) is 4.65. The van der Waals surface area contributed by atoms with Crippen molar-refractivity contribution in [1.82, 2.24) is 0 Å². The number of carbonyl (C=O) groups excluding carboxylic acids is 1. The minimum atomic E-state index is -0.439. The average molecular weight is 209 g/mol. The van der Waals surface area contributed by atoms with Crippen LogP contribution in [0.1, 0.15) is 39.5 Å². The summed E-state index contributed by atoms with van der Waals surface area (Å²) in [6, 6.07) is 2.09. The van der Waals surface area contributed by atoms with Crippen LogP contribution in [0, 0.1) is 23.2 Å². The van der Waals surface area contributed by atoms with E-state index in [0.29, 0.717) is 6.42 Å². The zero-order valence-corrected chi connectivity index (χ0v) is 9.53. The van der Waals surface area contributed by atoms with E-state index in [9.17, 15) is 4.79 Å². The topological polar surface area (TPSA) is 50.1 Å². The monoisotopic (exact) mass is 209 g/mol. The van der Waals surface area contributed by atoms with Gasteiger partial charge in [0, 0.05) is 13.0 Å². The summed E-state index contributed by atoms with van der Waals surface area (Å²) in [6.07, 6.45) is 3.68. The highest BCUT2D eigenvalue weighted by atomic mass is 16.5. The number of Topliss-reactive ketones (excluding diaryl/α,β-unsaturated/α-hetero) is 1. The number of ether oxygens (including phenoxy) is 1. The van der Waals surface area contributed by atoms with Crippen molar-refractivity contribution in [2.24, 2.45) is 11.8 Å². The molecule has 84 valence electrons. The maximum Gasteiger partial charge on any atom is 0.150 e. The Morgan fingerprint density at radius 3 is 2.80 bits per heavy atom. The molecule has 3 nitrogen and oxygen atoms in total. The zero-order chi connectivity index (χ0) is 11.3. The van der Waals surface area contributed by atoms with Gasteiger partial charge in [0.15, 0.2) is 0 Å². The largest absolute Gasteiger partial charge is 0.378 e. The third kappa shape index (κ3) is 3.64. The molecule has 1 fully saturated rings. The van der Waals surface area contributed by atoms with Crippen LogP contribution >= 0.6 is 0 Å². The molecule has 2 atom stereocenters. The molecular formula is C12H19NO2. The second-order valence-electron chi connectivity index (χ2n) is 4.49. The van der Waals surface area contributed by atoms with E-state index in [0.717, 1.165) is 25.9 Å². The SMILES string of the molecule is CC(C)C(C#N)C(=O)CCC1CCCO1.